The molecule has 0 spiro atoms. The maximum Gasteiger partial charge on any atom is 0.0367 e. The fourth-order valence-electron chi connectivity index (χ4n) is 1.46. The van der Waals surface area contributed by atoms with Crippen LogP contribution in [0.15, 0.2) is 0 Å². The van der Waals surface area contributed by atoms with Crippen molar-refractivity contribution >= 4 is 12.0 Å². The summed E-state index contributed by atoms with van der Waals surface area (Å²) in [7, 11) is 0. The molecule has 2 atom stereocenters. The predicted octanol–water partition coefficient (Wildman–Crippen LogP) is 0.987. The zero-order chi connectivity index (χ0) is 8.81. The Morgan fingerprint density at radius 2 is 2.33 bits per heavy atom. The van der Waals surface area contributed by atoms with Crippen molar-refractivity contribution < 1.29 is 9.32 Å². The van der Waals surface area contributed by atoms with E-state index in [1.165, 1.54) is 18.5 Å². The average molecular weight is 192 g/mol. The zero-order valence-electron chi connectivity index (χ0n) is 7.29. The summed E-state index contributed by atoms with van der Waals surface area (Å²) >= 11 is 1.18. The lowest BCUT2D eigenvalue weighted by Gasteiger charge is -2.25. The standard InChI is InChI=1S/C7H16N2O2S/c1-12-11-10-9-7-4-2-3-6(8)5-7/h6-7,9H,2-5,8H2,1H3. The van der Waals surface area contributed by atoms with E-state index < -0.39 is 0 Å². The van der Waals surface area contributed by atoms with Gasteiger partial charge in [0, 0.05) is 30.4 Å². The first-order valence-corrected chi connectivity index (χ1v) is 5.35. The van der Waals surface area contributed by atoms with E-state index in [9.17, 15) is 0 Å². The van der Waals surface area contributed by atoms with E-state index in [1.807, 2.05) is 0 Å². The van der Waals surface area contributed by atoms with Gasteiger partial charge in [-0.15, -0.1) is 9.32 Å². The highest BCUT2D eigenvalue weighted by Crippen LogP contribution is 2.16. The molecule has 0 bridgehead atoms. The SMILES string of the molecule is CSOONC1CCCC(N)C1. The van der Waals surface area contributed by atoms with Crippen LogP contribution >= 0.6 is 12.0 Å². The van der Waals surface area contributed by atoms with Crippen LogP contribution in [0.4, 0.5) is 0 Å². The third-order valence-electron chi connectivity index (χ3n) is 2.03. The lowest BCUT2D eigenvalue weighted by atomic mass is 9.92. The zero-order valence-corrected chi connectivity index (χ0v) is 8.10. The highest BCUT2D eigenvalue weighted by atomic mass is 32.2. The van der Waals surface area contributed by atoms with E-state index in [1.54, 1.807) is 6.26 Å². The van der Waals surface area contributed by atoms with Crippen LogP contribution in [0, 0.1) is 0 Å². The summed E-state index contributed by atoms with van der Waals surface area (Å²) in [4.78, 5) is 4.73. The summed E-state index contributed by atoms with van der Waals surface area (Å²) in [5.74, 6) is 0. The van der Waals surface area contributed by atoms with Crippen molar-refractivity contribution in [2.24, 2.45) is 5.73 Å². The van der Waals surface area contributed by atoms with Crippen LogP contribution in [0.2, 0.25) is 0 Å². The van der Waals surface area contributed by atoms with E-state index in [4.69, 9.17) is 10.7 Å². The first-order valence-electron chi connectivity index (χ1n) is 4.20. The Labute approximate surface area is 77.3 Å². The van der Waals surface area contributed by atoms with Crippen molar-refractivity contribution in [3.05, 3.63) is 0 Å². The van der Waals surface area contributed by atoms with Gasteiger partial charge >= 0.3 is 0 Å². The Bertz CT molecular complexity index is 126. The molecule has 0 aromatic rings. The van der Waals surface area contributed by atoms with Crippen LogP contribution in [0.1, 0.15) is 25.7 Å². The van der Waals surface area contributed by atoms with E-state index in [-0.39, 0.29) is 0 Å². The molecule has 0 aromatic carbocycles. The first-order chi connectivity index (χ1) is 5.83. The van der Waals surface area contributed by atoms with Crippen LogP contribution in [0.3, 0.4) is 0 Å². The van der Waals surface area contributed by atoms with Crippen molar-refractivity contribution in [2.75, 3.05) is 6.26 Å². The second kappa shape index (κ2) is 5.77. The minimum Gasteiger partial charge on any atom is -0.328 e. The molecule has 0 saturated heterocycles. The van der Waals surface area contributed by atoms with Crippen LogP contribution < -0.4 is 11.2 Å². The minimum atomic E-state index is 0.314. The van der Waals surface area contributed by atoms with Gasteiger partial charge in [-0.05, 0) is 19.3 Å². The predicted molar refractivity (Wildman–Crippen MR) is 49.1 cm³/mol. The topological polar surface area (TPSA) is 56.5 Å². The summed E-state index contributed by atoms with van der Waals surface area (Å²) in [6.07, 6.45) is 6.18. The molecule has 0 radical (unpaired) electrons. The molecular formula is C7H16N2O2S. The molecule has 72 valence electrons. The van der Waals surface area contributed by atoms with Crippen LogP contribution in [0.25, 0.3) is 0 Å². The minimum absolute atomic E-state index is 0.314. The number of hydrogen-bond acceptors (Lipinski definition) is 5. The van der Waals surface area contributed by atoms with Crippen molar-refractivity contribution in [3.63, 3.8) is 0 Å². The van der Waals surface area contributed by atoms with Crippen LogP contribution in [-0.2, 0) is 9.32 Å². The van der Waals surface area contributed by atoms with E-state index in [0.29, 0.717) is 12.1 Å². The Morgan fingerprint density at radius 1 is 1.50 bits per heavy atom. The van der Waals surface area contributed by atoms with Gasteiger partial charge in [0.15, 0.2) is 0 Å². The Balaban J connectivity index is 2.06. The molecule has 12 heavy (non-hydrogen) atoms. The average Bonchev–Trinajstić information content (AvgIpc) is 2.05. The van der Waals surface area contributed by atoms with Gasteiger partial charge in [0.25, 0.3) is 0 Å². The molecule has 1 saturated carbocycles. The monoisotopic (exact) mass is 192 g/mol. The summed E-state index contributed by atoms with van der Waals surface area (Å²) in [5, 5.41) is 0. The third kappa shape index (κ3) is 3.73. The first kappa shape index (κ1) is 10.3. The highest BCUT2D eigenvalue weighted by Gasteiger charge is 2.19. The van der Waals surface area contributed by atoms with E-state index in [0.717, 1.165) is 19.3 Å². The Kier molecular flexibility index (Phi) is 4.94. The largest absolute Gasteiger partial charge is 0.328 e. The molecule has 0 heterocycles. The molecule has 2 unspecified atom stereocenters. The molecular weight excluding hydrogens is 176 g/mol. The lowest BCUT2D eigenvalue weighted by molar-refractivity contribution is -0.255. The normalized spacial score (nSPS) is 30.5. The quantitative estimate of drug-likeness (QED) is 0.301. The number of nitrogens with one attached hydrogen (secondary N) is 1. The molecule has 4 nitrogen and oxygen atoms in total. The molecule has 1 rings (SSSR count). The van der Waals surface area contributed by atoms with E-state index >= 15 is 0 Å². The van der Waals surface area contributed by atoms with Gasteiger partial charge < -0.3 is 5.73 Å². The van der Waals surface area contributed by atoms with Crippen LogP contribution in [-0.4, -0.2) is 18.3 Å². The second-order valence-corrected chi connectivity index (χ2v) is 3.53. The van der Waals surface area contributed by atoms with Gasteiger partial charge in [-0.3, -0.25) is 0 Å². The van der Waals surface area contributed by atoms with Gasteiger partial charge in [-0.2, -0.15) is 5.48 Å². The highest BCUT2D eigenvalue weighted by molar-refractivity contribution is 7.93. The molecule has 0 amide bonds. The fraction of sp³-hybridized carbons (Fsp3) is 1.00. The molecule has 1 aliphatic rings. The van der Waals surface area contributed by atoms with Gasteiger partial charge in [0.2, 0.25) is 0 Å². The van der Waals surface area contributed by atoms with Gasteiger partial charge in [-0.25, -0.2) is 0 Å². The smallest absolute Gasteiger partial charge is 0.0367 e. The van der Waals surface area contributed by atoms with Crippen LogP contribution in [0.5, 0.6) is 0 Å². The fourth-order valence-corrected chi connectivity index (χ4v) is 1.56. The number of hydrogen-bond donors (Lipinski definition) is 2. The van der Waals surface area contributed by atoms with Crippen molar-refractivity contribution in [3.8, 4) is 0 Å². The molecule has 1 fully saturated rings. The Hall–Kier alpha value is 0.190. The lowest BCUT2D eigenvalue weighted by Crippen LogP contribution is -2.39. The number of nitrogens with two attached hydrogens (primary N) is 1. The second-order valence-electron chi connectivity index (χ2n) is 3.06. The molecule has 0 aliphatic heterocycles. The number of hydroxylamine groups is 1. The molecule has 1 aliphatic carbocycles. The van der Waals surface area contributed by atoms with Gasteiger partial charge in [-0.1, -0.05) is 6.42 Å². The number of rotatable bonds is 4. The van der Waals surface area contributed by atoms with Crippen molar-refractivity contribution in [1.82, 2.24) is 5.48 Å². The molecule has 5 heteroatoms. The van der Waals surface area contributed by atoms with Crippen molar-refractivity contribution in [2.45, 2.75) is 37.8 Å². The summed E-state index contributed by atoms with van der Waals surface area (Å²) in [6.45, 7) is 0. The maximum atomic E-state index is 5.79. The van der Waals surface area contributed by atoms with Gasteiger partial charge in [0.05, 0.1) is 0 Å². The molecule has 0 aromatic heterocycles. The van der Waals surface area contributed by atoms with Gasteiger partial charge in [0.1, 0.15) is 0 Å². The molecule has 3 N–H and O–H groups in total. The summed E-state index contributed by atoms with van der Waals surface area (Å²) in [6, 6.07) is 0.662. The van der Waals surface area contributed by atoms with Crippen molar-refractivity contribution in [1.29, 1.82) is 0 Å². The Morgan fingerprint density at radius 3 is 3.00 bits per heavy atom. The van der Waals surface area contributed by atoms with E-state index in [2.05, 4.69) is 9.81 Å². The maximum absolute atomic E-state index is 5.79. The third-order valence-corrected chi connectivity index (χ3v) is 2.24. The summed E-state index contributed by atoms with van der Waals surface area (Å²) in [5.41, 5.74) is 8.62. The summed E-state index contributed by atoms with van der Waals surface area (Å²) < 4.78 is 4.64.